The second-order valence-corrected chi connectivity index (χ2v) is 9.98. The highest BCUT2D eigenvalue weighted by Gasteiger charge is 2.40. The van der Waals surface area contributed by atoms with E-state index in [1.165, 1.54) is 17.0 Å². The number of amides is 3. The van der Waals surface area contributed by atoms with E-state index in [0.29, 0.717) is 12.0 Å². The van der Waals surface area contributed by atoms with E-state index in [9.17, 15) is 19.5 Å². The fraction of sp³-hybridized carbons (Fsp3) is 0.640. The molecule has 3 amide bonds. The average molecular weight is 464 g/mol. The number of nitrogens with one attached hydrogen (secondary N) is 2. The molecule has 1 aromatic rings. The number of hydrogen-bond donors (Lipinski definition) is 3. The van der Waals surface area contributed by atoms with Gasteiger partial charge in [0.25, 0.3) is 0 Å². The van der Waals surface area contributed by atoms with E-state index in [2.05, 4.69) is 10.6 Å². The first-order valence-corrected chi connectivity index (χ1v) is 11.6. The Kier molecular flexibility index (Phi) is 10.2. The van der Waals surface area contributed by atoms with Crippen molar-refractivity contribution in [1.82, 2.24) is 15.5 Å². The molecule has 8 nitrogen and oxygen atoms in total. The molecule has 0 bridgehead atoms. The lowest BCUT2D eigenvalue weighted by Crippen LogP contribution is -2.56. The van der Waals surface area contributed by atoms with Crippen LogP contribution in [0, 0.1) is 0 Å². The zero-order chi connectivity index (χ0) is 25.4. The van der Waals surface area contributed by atoms with Crippen molar-refractivity contribution in [2.75, 3.05) is 6.54 Å². The van der Waals surface area contributed by atoms with Gasteiger partial charge in [0.2, 0.25) is 11.8 Å². The number of aromatic hydroxyl groups is 1. The summed E-state index contributed by atoms with van der Waals surface area (Å²) in [7, 11) is 0. The van der Waals surface area contributed by atoms with Crippen LogP contribution >= 0.6 is 0 Å². The maximum atomic E-state index is 13.5. The van der Waals surface area contributed by atoms with E-state index in [0.717, 1.165) is 12.8 Å². The van der Waals surface area contributed by atoms with Crippen LogP contribution in [-0.4, -0.2) is 51.6 Å². The van der Waals surface area contributed by atoms with Gasteiger partial charge in [-0.2, -0.15) is 0 Å². The van der Waals surface area contributed by atoms with Gasteiger partial charge in [-0.15, -0.1) is 0 Å². The van der Waals surface area contributed by atoms with Gasteiger partial charge in [0, 0.05) is 11.6 Å². The van der Waals surface area contributed by atoms with Crippen LogP contribution in [0.5, 0.6) is 5.75 Å². The van der Waals surface area contributed by atoms with Gasteiger partial charge in [0.1, 0.15) is 23.9 Å². The monoisotopic (exact) mass is 463 g/mol. The minimum Gasteiger partial charge on any atom is -0.508 e. The number of phenols is 1. The molecule has 2 atom stereocenters. The number of ether oxygens (including phenoxy) is 1. The van der Waals surface area contributed by atoms with Gasteiger partial charge in [-0.3, -0.25) is 9.59 Å². The Morgan fingerprint density at radius 2 is 1.64 bits per heavy atom. The number of carbonyl (C=O) groups is 3. The summed E-state index contributed by atoms with van der Waals surface area (Å²) < 4.78 is 5.24. The zero-order valence-electron chi connectivity index (χ0n) is 21.3. The first-order valence-electron chi connectivity index (χ1n) is 11.6. The third-order valence-electron chi connectivity index (χ3n) is 5.39. The highest BCUT2D eigenvalue weighted by atomic mass is 16.6. The van der Waals surface area contributed by atoms with Crippen LogP contribution in [0.1, 0.15) is 86.3 Å². The first kappa shape index (κ1) is 28.3. The summed E-state index contributed by atoms with van der Waals surface area (Å²) in [6.45, 7) is 14.6. The quantitative estimate of drug-likeness (QED) is 0.480. The van der Waals surface area contributed by atoms with Crippen molar-refractivity contribution in [3.63, 3.8) is 0 Å². The summed E-state index contributed by atoms with van der Waals surface area (Å²) in [6.07, 6.45) is 1.60. The Labute approximate surface area is 198 Å². The molecular formula is C25H41N3O5. The van der Waals surface area contributed by atoms with E-state index >= 15 is 0 Å². The fourth-order valence-corrected chi connectivity index (χ4v) is 3.45. The molecule has 0 saturated carbocycles. The van der Waals surface area contributed by atoms with Crippen molar-refractivity contribution < 1.29 is 24.2 Å². The molecule has 0 aliphatic rings. The number of rotatable bonds is 10. The Hall–Kier alpha value is -2.77. The van der Waals surface area contributed by atoms with E-state index in [-0.39, 0.29) is 24.2 Å². The molecule has 1 rings (SSSR count). The van der Waals surface area contributed by atoms with Crippen LogP contribution in [0.25, 0.3) is 0 Å². The molecule has 3 N–H and O–H groups in total. The number of phenolic OH excluding ortho intramolecular Hbond substituents is 1. The summed E-state index contributed by atoms with van der Waals surface area (Å²) >= 11 is 0. The standard InChI is InChI=1S/C25H41N3O5/c1-9-11-17(3)27-22(31)21(18-12-14-19(29)15-13-18)28(25(7,8)10-2)20(30)16-26-23(32)33-24(4,5)6/h12-15,17,21,29H,9-11,16H2,1-8H3,(H,26,32)(H,27,31). The molecule has 0 saturated heterocycles. The minimum absolute atomic E-state index is 0.0660. The van der Waals surface area contributed by atoms with Gasteiger partial charge in [0.15, 0.2) is 0 Å². The lowest BCUT2D eigenvalue weighted by molar-refractivity contribution is -0.147. The molecule has 0 heterocycles. The molecule has 0 aliphatic carbocycles. The molecular weight excluding hydrogens is 422 g/mol. The van der Waals surface area contributed by atoms with Crippen LogP contribution in [0.4, 0.5) is 4.79 Å². The van der Waals surface area contributed by atoms with E-state index in [1.807, 2.05) is 34.6 Å². The van der Waals surface area contributed by atoms with Crippen molar-refractivity contribution in [2.45, 2.75) is 97.9 Å². The predicted molar refractivity (Wildman–Crippen MR) is 129 cm³/mol. The zero-order valence-corrected chi connectivity index (χ0v) is 21.3. The van der Waals surface area contributed by atoms with Crippen molar-refractivity contribution in [3.05, 3.63) is 29.8 Å². The van der Waals surface area contributed by atoms with E-state index in [4.69, 9.17) is 4.74 Å². The number of benzene rings is 1. The second kappa shape index (κ2) is 11.9. The largest absolute Gasteiger partial charge is 0.508 e. The molecule has 0 aromatic heterocycles. The SMILES string of the molecule is CCCC(C)NC(=O)C(c1ccc(O)cc1)N(C(=O)CNC(=O)OC(C)(C)C)C(C)(C)CC. The number of alkyl carbamates (subject to hydrolysis) is 1. The van der Waals surface area contributed by atoms with Crippen LogP contribution < -0.4 is 10.6 Å². The second-order valence-electron chi connectivity index (χ2n) is 9.98. The topological polar surface area (TPSA) is 108 Å². The molecule has 1 aromatic carbocycles. The third-order valence-corrected chi connectivity index (χ3v) is 5.39. The predicted octanol–water partition coefficient (Wildman–Crippen LogP) is 4.28. The molecule has 186 valence electrons. The van der Waals surface area contributed by atoms with Gasteiger partial charge in [-0.1, -0.05) is 32.4 Å². The normalized spacial score (nSPS) is 13.6. The molecule has 0 fully saturated rings. The minimum atomic E-state index is -0.937. The molecule has 0 spiro atoms. The van der Waals surface area contributed by atoms with Crippen LogP contribution in [0.15, 0.2) is 24.3 Å². The van der Waals surface area contributed by atoms with Crippen molar-refractivity contribution >= 4 is 17.9 Å². The third kappa shape index (κ3) is 8.94. The summed E-state index contributed by atoms with van der Waals surface area (Å²) in [5.41, 5.74) is -0.818. The van der Waals surface area contributed by atoms with Crippen LogP contribution in [0.2, 0.25) is 0 Å². The molecule has 0 aliphatic heterocycles. The molecule has 0 radical (unpaired) electrons. The van der Waals surface area contributed by atoms with Crippen molar-refractivity contribution in [3.8, 4) is 5.75 Å². The average Bonchev–Trinajstić information content (AvgIpc) is 2.69. The fourth-order valence-electron chi connectivity index (χ4n) is 3.45. The molecule has 8 heteroatoms. The van der Waals surface area contributed by atoms with Crippen LogP contribution in [-0.2, 0) is 14.3 Å². The van der Waals surface area contributed by atoms with Gasteiger partial charge in [-0.05, 0) is 72.1 Å². The maximum Gasteiger partial charge on any atom is 0.408 e. The van der Waals surface area contributed by atoms with Gasteiger partial charge in [-0.25, -0.2) is 4.79 Å². The Morgan fingerprint density at radius 3 is 2.12 bits per heavy atom. The number of nitrogens with zero attached hydrogens (tertiary/aromatic N) is 1. The van der Waals surface area contributed by atoms with E-state index < -0.39 is 29.2 Å². The number of hydrogen-bond acceptors (Lipinski definition) is 5. The Balaban J connectivity index is 3.33. The van der Waals surface area contributed by atoms with Gasteiger partial charge >= 0.3 is 6.09 Å². The number of carbonyl (C=O) groups excluding carboxylic acids is 3. The maximum absolute atomic E-state index is 13.5. The Bertz CT molecular complexity index is 799. The lowest BCUT2D eigenvalue weighted by Gasteiger charge is -2.43. The smallest absolute Gasteiger partial charge is 0.408 e. The first-order chi connectivity index (χ1) is 15.2. The summed E-state index contributed by atoms with van der Waals surface area (Å²) in [5.74, 6) is -0.658. The summed E-state index contributed by atoms with van der Waals surface area (Å²) in [5, 5.41) is 15.3. The highest BCUT2D eigenvalue weighted by molar-refractivity contribution is 5.91. The lowest BCUT2D eigenvalue weighted by atomic mass is 9.92. The van der Waals surface area contributed by atoms with Gasteiger partial charge < -0.3 is 25.4 Å². The molecule has 33 heavy (non-hydrogen) atoms. The highest BCUT2D eigenvalue weighted by Crippen LogP contribution is 2.32. The van der Waals surface area contributed by atoms with Crippen LogP contribution in [0.3, 0.4) is 0 Å². The molecule has 2 unspecified atom stereocenters. The summed E-state index contributed by atoms with van der Waals surface area (Å²) in [4.78, 5) is 40.6. The van der Waals surface area contributed by atoms with Crippen molar-refractivity contribution in [1.29, 1.82) is 0 Å². The van der Waals surface area contributed by atoms with Gasteiger partial charge in [0.05, 0.1) is 0 Å². The Morgan fingerprint density at radius 1 is 1.06 bits per heavy atom. The van der Waals surface area contributed by atoms with Crippen molar-refractivity contribution in [2.24, 2.45) is 0 Å². The van der Waals surface area contributed by atoms with E-state index in [1.54, 1.807) is 32.9 Å². The summed E-state index contributed by atoms with van der Waals surface area (Å²) in [6, 6.07) is 5.25.